The minimum absolute atomic E-state index is 0.185. The SMILES string of the molecule is O=C(Nc1ccc(Cl)c(Br)c1)c1cc2ccccc2[nH]1. The van der Waals surface area contributed by atoms with Gasteiger partial charge in [-0.15, -0.1) is 0 Å². The molecule has 0 spiro atoms. The lowest BCUT2D eigenvalue weighted by Crippen LogP contribution is -2.12. The summed E-state index contributed by atoms with van der Waals surface area (Å²) in [6.07, 6.45) is 0. The molecule has 0 aliphatic carbocycles. The van der Waals surface area contributed by atoms with E-state index in [0.717, 1.165) is 15.4 Å². The highest BCUT2D eigenvalue weighted by Crippen LogP contribution is 2.26. The molecule has 1 amide bonds. The number of H-pyrrole nitrogens is 1. The first-order chi connectivity index (χ1) is 9.63. The summed E-state index contributed by atoms with van der Waals surface area (Å²) in [6, 6.07) is 14.8. The van der Waals surface area contributed by atoms with E-state index in [1.807, 2.05) is 30.3 Å². The second-order valence-corrected chi connectivity index (χ2v) is 5.61. The number of nitrogens with one attached hydrogen (secondary N) is 2. The summed E-state index contributed by atoms with van der Waals surface area (Å²) < 4.78 is 0.744. The Bertz CT molecular complexity index is 764. The van der Waals surface area contributed by atoms with Gasteiger partial charge in [0, 0.05) is 21.1 Å². The van der Waals surface area contributed by atoms with Crippen LogP contribution in [0.4, 0.5) is 5.69 Å². The van der Waals surface area contributed by atoms with E-state index in [1.165, 1.54) is 0 Å². The number of aromatic amines is 1. The molecule has 0 fully saturated rings. The van der Waals surface area contributed by atoms with Crippen LogP contribution in [0.2, 0.25) is 5.02 Å². The molecule has 0 radical (unpaired) electrons. The predicted molar refractivity (Wildman–Crippen MR) is 85.4 cm³/mol. The van der Waals surface area contributed by atoms with E-state index in [0.29, 0.717) is 16.4 Å². The molecule has 3 rings (SSSR count). The van der Waals surface area contributed by atoms with Gasteiger partial charge in [0.05, 0.1) is 5.02 Å². The molecule has 100 valence electrons. The molecule has 2 N–H and O–H groups in total. The fourth-order valence-electron chi connectivity index (χ4n) is 1.97. The molecule has 20 heavy (non-hydrogen) atoms. The third-order valence-corrected chi connectivity index (χ3v) is 4.17. The average Bonchev–Trinajstić information content (AvgIpc) is 2.87. The Labute approximate surface area is 129 Å². The molecular formula is C15H10BrClN2O. The molecule has 1 aromatic heterocycles. The second kappa shape index (κ2) is 5.31. The van der Waals surface area contributed by atoms with Gasteiger partial charge < -0.3 is 10.3 Å². The van der Waals surface area contributed by atoms with Crippen molar-refractivity contribution in [2.24, 2.45) is 0 Å². The summed E-state index contributed by atoms with van der Waals surface area (Å²) in [7, 11) is 0. The van der Waals surface area contributed by atoms with Crippen LogP contribution in [0, 0.1) is 0 Å². The summed E-state index contributed by atoms with van der Waals surface area (Å²) in [6.45, 7) is 0. The summed E-state index contributed by atoms with van der Waals surface area (Å²) in [5, 5.41) is 4.44. The Morgan fingerprint density at radius 3 is 2.70 bits per heavy atom. The van der Waals surface area contributed by atoms with Crippen LogP contribution in [-0.4, -0.2) is 10.9 Å². The Balaban J connectivity index is 1.86. The van der Waals surface area contributed by atoms with Crippen molar-refractivity contribution in [3.05, 3.63) is 63.7 Å². The molecule has 0 unspecified atom stereocenters. The molecule has 0 atom stereocenters. The molecule has 3 aromatic rings. The van der Waals surface area contributed by atoms with E-state index < -0.39 is 0 Å². The maximum atomic E-state index is 12.2. The fourth-order valence-corrected chi connectivity index (χ4v) is 2.46. The molecule has 0 saturated carbocycles. The number of amides is 1. The standard InChI is InChI=1S/C15H10BrClN2O/c16-11-8-10(5-6-12(11)17)18-15(20)14-7-9-3-1-2-4-13(9)19-14/h1-8,19H,(H,18,20). The number of carbonyl (C=O) groups excluding carboxylic acids is 1. The van der Waals surface area contributed by atoms with Gasteiger partial charge >= 0.3 is 0 Å². The predicted octanol–water partition coefficient (Wildman–Crippen LogP) is 4.84. The van der Waals surface area contributed by atoms with E-state index in [4.69, 9.17) is 11.6 Å². The zero-order valence-electron chi connectivity index (χ0n) is 10.3. The van der Waals surface area contributed by atoms with Crippen LogP contribution in [-0.2, 0) is 0 Å². The number of fused-ring (bicyclic) bond motifs is 1. The van der Waals surface area contributed by atoms with Crippen molar-refractivity contribution >= 4 is 50.0 Å². The third-order valence-electron chi connectivity index (χ3n) is 2.95. The Kier molecular flexibility index (Phi) is 3.51. The first-order valence-electron chi connectivity index (χ1n) is 5.97. The molecule has 0 bridgehead atoms. The van der Waals surface area contributed by atoms with E-state index >= 15 is 0 Å². The fraction of sp³-hybridized carbons (Fsp3) is 0. The summed E-state index contributed by atoms with van der Waals surface area (Å²) in [5.74, 6) is -0.185. The minimum atomic E-state index is -0.185. The molecule has 2 aromatic carbocycles. The van der Waals surface area contributed by atoms with Crippen LogP contribution in [0.5, 0.6) is 0 Å². The van der Waals surface area contributed by atoms with Crippen molar-refractivity contribution in [2.45, 2.75) is 0 Å². The van der Waals surface area contributed by atoms with Crippen LogP contribution >= 0.6 is 27.5 Å². The lowest BCUT2D eigenvalue weighted by molar-refractivity contribution is 0.102. The summed E-state index contributed by atoms with van der Waals surface area (Å²) in [4.78, 5) is 15.3. The molecule has 0 aliphatic heterocycles. The van der Waals surface area contributed by atoms with Gasteiger partial charge in [-0.05, 0) is 46.3 Å². The van der Waals surface area contributed by atoms with Crippen molar-refractivity contribution in [2.75, 3.05) is 5.32 Å². The van der Waals surface area contributed by atoms with E-state index in [1.54, 1.807) is 18.2 Å². The number of rotatable bonds is 2. The quantitative estimate of drug-likeness (QED) is 0.683. The number of hydrogen-bond donors (Lipinski definition) is 2. The average molecular weight is 350 g/mol. The largest absolute Gasteiger partial charge is 0.351 e. The number of aromatic nitrogens is 1. The van der Waals surface area contributed by atoms with E-state index in [-0.39, 0.29) is 5.91 Å². The first kappa shape index (κ1) is 13.2. The van der Waals surface area contributed by atoms with Crippen LogP contribution in [0.15, 0.2) is 53.0 Å². The van der Waals surface area contributed by atoms with Gasteiger partial charge in [0.25, 0.3) is 5.91 Å². The maximum absolute atomic E-state index is 12.2. The molecule has 3 nitrogen and oxygen atoms in total. The first-order valence-corrected chi connectivity index (χ1v) is 7.15. The van der Waals surface area contributed by atoms with Gasteiger partial charge in [-0.1, -0.05) is 29.8 Å². The van der Waals surface area contributed by atoms with Gasteiger partial charge in [0.1, 0.15) is 5.69 Å². The zero-order valence-corrected chi connectivity index (χ0v) is 12.6. The summed E-state index contributed by atoms with van der Waals surface area (Å²) >= 11 is 9.25. The van der Waals surface area contributed by atoms with Gasteiger partial charge in [-0.2, -0.15) is 0 Å². The Hall–Kier alpha value is -1.78. The Morgan fingerprint density at radius 1 is 1.15 bits per heavy atom. The number of hydrogen-bond acceptors (Lipinski definition) is 1. The van der Waals surface area contributed by atoms with Crippen LogP contribution < -0.4 is 5.32 Å². The topological polar surface area (TPSA) is 44.9 Å². The van der Waals surface area contributed by atoms with Gasteiger partial charge in [-0.25, -0.2) is 0 Å². The van der Waals surface area contributed by atoms with E-state index in [2.05, 4.69) is 26.2 Å². The van der Waals surface area contributed by atoms with Gasteiger partial charge in [0.15, 0.2) is 0 Å². The number of anilines is 1. The van der Waals surface area contributed by atoms with E-state index in [9.17, 15) is 4.79 Å². The normalized spacial score (nSPS) is 10.7. The molecular weight excluding hydrogens is 340 g/mol. The molecule has 1 heterocycles. The van der Waals surface area contributed by atoms with Gasteiger partial charge in [0.2, 0.25) is 0 Å². The van der Waals surface area contributed by atoms with Crippen molar-refractivity contribution in [3.63, 3.8) is 0 Å². The van der Waals surface area contributed by atoms with Gasteiger partial charge in [-0.3, -0.25) is 4.79 Å². The molecule has 5 heteroatoms. The molecule has 0 aliphatic rings. The Morgan fingerprint density at radius 2 is 1.95 bits per heavy atom. The maximum Gasteiger partial charge on any atom is 0.272 e. The number of para-hydroxylation sites is 1. The number of halogens is 2. The third kappa shape index (κ3) is 2.57. The van der Waals surface area contributed by atoms with Crippen LogP contribution in [0.1, 0.15) is 10.5 Å². The number of carbonyl (C=O) groups is 1. The number of benzene rings is 2. The lowest BCUT2D eigenvalue weighted by Gasteiger charge is -2.05. The minimum Gasteiger partial charge on any atom is -0.351 e. The highest BCUT2D eigenvalue weighted by atomic mass is 79.9. The highest BCUT2D eigenvalue weighted by molar-refractivity contribution is 9.10. The monoisotopic (exact) mass is 348 g/mol. The smallest absolute Gasteiger partial charge is 0.272 e. The van der Waals surface area contributed by atoms with Crippen molar-refractivity contribution in [3.8, 4) is 0 Å². The van der Waals surface area contributed by atoms with Crippen LogP contribution in [0.3, 0.4) is 0 Å². The zero-order chi connectivity index (χ0) is 14.1. The summed E-state index contributed by atoms with van der Waals surface area (Å²) in [5.41, 5.74) is 2.15. The molecule has 0 saturated heterocycles. The van der Waals surface area contributed by atoms with Crippen molar-refractivity contribution in [1.82, 2.24) is 4.98 Å². The second-order valence-electron chi connectivity index (χ2n) is 4.35. The van der Waals surface area contributed by atoms with Crippen molar-refractivity contribution < 1.29 is 4.79 Å². The lowest BCUT2D eigenvalue weighted by atomic mass is 10.2. The highest BCUT2D eigenvalue weighted by Gasteiger charge is 2.10. The van der Waals surface area contributed by atoms with Crippen LogP contribution in [0.25, 0.3) is 10.9 Å². The van der Waals surface area contributed by atoms with Crippen molar-refractivity contribution in [1.29, 1.82) is 0 Å².